The number of nitrogens with zero attached hydrogens (tertiary/aromatic N) is 1. The number of alkyl carbamates (subject to hydrolysis) is 1. The number of hydrogen-bond acceptors (Lipinski definition) is 3. The number of carbonyl (C=O) groups is 1. The fraction of sp³-hybridized carbons (Fsp3) is 0.375. The van der Waals surface area contributed by atoms with Crippen molar-refractivity contribution in [3.05, 3.63) is 35.1 Å². The first kappa shape index (κ1) is 16.5. The molecular weight excluding hydrogens is 271 g/mol. The lowest BCUT2D eigenvalue weighted by molar-refractivity contribution is 0.0529. The fourth-order valence-electron chi connectivity index (χ4n) is 1.39. The molecule has 0 aromatic heterocycles. The van der Waals surface area contributed by atoms with E-state index in [0.29, 0.717) is 18.5 Å². The summed E-state index contributed by atoms with van der Waals surface area (Å²) in [5.41, 5.74) is -0.0183. The summed E-state index contributed by atoms with van der Waals surface area (Å²) >= 11 is 0. The standard InChI is InChI=1S/C16H17FN2O2/c1-16(2,3)21-15(20)19-9-5-4-6-13-10-12(11-18)7-8-14(13)17/h7-8,10H,5,9H2,1-3H3,(H,19,20). The maximum Gasteiger partial charge on any atom is 0.407 e. The van der Waals surface area contributed by atoms with E-state index in [1.807, 2.05) is 6.07 Å². The predicted octanol–water partition coefficient (Wildman–Crippen LogP) is 2.96. The molecule has 0 spiro atoms. The van der Waals surface area contributed by atoms with Crippen molar-refractivity contribution in [3.63, 3.8) is 0 Å². The minimum absolute atomic E-state index is 0.173. The summed E-state index contributed by atoms with van der Waals surface area (Å²) < 4.78 is 18.5. The van der Waals surface area contributed by atoms with Crippen LogP contribution in [0.4, 0.5) is 9.18 Å². The minimum Gasteiger partial charge on any atom is -0.444 e. The molecule has 0 saturated heterocycles. The Hall–Kier alpha value is -2.53. The van der Waals surface area contributed by atoms with E-state index < -0.39 is 17.5 Å². The number of hydrogen-bond donors (Lipinski definition) is 1. The van der Waals surface area contributed by atoms with Crippen LogP contribution in [0, 0.1) is 29.0 Å². The van der Waals surface area contributed by atoms with Crippen molar-refractivity contribution >= 4 is 6.09 Å². The first-order valence-corrected chi connectivity index (χ1v) is 6.47. The van der Waals surface area contributed by atoms with Gasteiger partial charge in [-0.1, -0.05) is 11.8 Å². The molecule has 0 radical (unpaired) electrons. The molecule has 0 saturated carbocycles. The van der Waals surface area contributed by atoms with Gasteiger partial charge in [0.2, 0.25) is 0 Å². The Balaban J connectivity index is 2.48. The van der Waals surface area contributed by atoms with Crippen LogP contribution in [-0.4, -0.2) is 18.2 Å². The Morgan fingerprint density at radius 3 is 2.76 bits per heavy atom. The van der Waals surface area contributed by atoms with Gasteiger partial charge in [0.25, 0.3) is 0 Å². The zero-order chi connectivity index (χ0) is 15.9. The Morgan fingerprint density at radius 1 is 1.43 bits per heavy atom. The maximum atomic E-state index is 13.4. The van der Waals surface area contributed by atoms with Gasteiger partial charge in [-0.05, 0) is 39.0 Å². The zero-order valence-electron chi connectivity index (χ0n) is 12.3. The molecule has 1 aromatic carbocycles. The zero-order valence-corrected chi connectivity index (χ0v) is 12.3. The van der Waals surface area contributed by atoms with Crippen LogP contribution in [0.3, 0.4) is 0 Å². The Labute approximate surface area is 123 Å². The molecule has 0 bridgehead atoms. The third kappa shape index (κ3) is 6.44. The minimum atomic E-state index is -0.545. The molecule has 0 aliphatic carbocycles. The number of benzene rings is 1. The predicted molar refractivity (Wildman–Crippen MR) is 76.8 cm³/mol. The summed E-state index contributed by atoms with van der Waals surface area (Å²) in [5.74, 6) is 4.91. The van der Waals surface area contributed by atoms with Crippen LogP contribution in [0.5, 0.6) is 0 Å². The van der Waals surface area contributed by atoms with Crippen LogP contribution in [0.1, 0.15) is 38.3 Å². The van der Waals surface area contributed by atoms with Crippen LogP contribution in [0.15, 0.2) is 18.2 Å². The smallest absolute Gasteiger partial charge is 0.407 e. The lowest BCUT2D eigenvalue weighted by atomic mass is 10.1. The number of halogens is 1. The summed E-state index contributed by atoms with van der Waals surface area (Å²) in [5, 5.41) is 11.3. The SMILES string of the molecule is CC(C)(C)OC(=O)NCCC#Cc1cc(C#N)ccc1F. The molecule has 0 heterocycles. The lowest BCUT2D eigenvalue weighted by Gasteiger charge is -2.19. The van der Waals surface area contributed by atoms with E-state index in [-0.39, 0.29) is 5.56 Å². The summed E-state index contributed by atoms with van der Waals surface area (Å²) in [4.78, 5) is 11.4. The van der Waals surface area contributed by atoms with Crippen LogP contribution < -0.4 is 5.32 Å². The largest absolute Gasteiger partial charge is 0.444 e. The number of nitrogens with one attached hydrogen (secondary N) is 1. The van der Waals surface area contributed by atoms with Crippen LogP contribution >= 0.6 is 0 Å². The number of nitriles is 1. The first-order valence-electron chi connectivity index (χ1n) is 6.47. The molecule has 1 aromatic rings. The van der Waals surface area contributed by atoms with Gasteiger partial charge in [-0.3, -0.25) is 0 Å². The average Bonchev–Trinajstić information content (AvgIpc) is 2.38. The van der Waals surface area contributed by atoms with Crippen molar-refractivity contribution in [2.45, 2.75) is 32.8 Å². The molecule has 5 heteroatoms. The van der Waals surface area contributed by atoms with E-state index in [1.165, 1.54) is 18.2 Å². The van der Waals surface area contributed by atoms with Crippen LogP contribution in [0.2, 0.25) is 0 Å². The quantitative estimate of drug-likeness (QED) is 0.672. The van der Waals surface area contributed by atoms with E-state index in [0.717, 1.165) is 0 Å². The molecule has 1 N–H and O–H groups in total. The van der Waals surface area contributed by atoms with Crippen molar-refractivity contribution in [3.8, 4) is 17.9 Å². The molecule has 0 aliphatic heterocycles. The summed E-state index contributed by atoms with van der Waals surface area (Å²) in [6, 6.07) is 5.92. The highest BCUT2D eigenvalue weighted by Gasteiger charge is 2.15. The van der Waals surface area contributed by atoms with Crippen molar-refractivity contribution < 1.29 is 13.9 Å². The summed E-state index contributed by atoms with van der Waals surface area (Å²) in [6.07, 6.45) is -0.155. The molecule has 1 amide bonds. The van der Waals surface area contributed by atoms with Crippen molar-refractivity contribution in [2.75, 3.05) is 6.54 Å². The molecular formula is C16H17FN2O2. The average molecular weight is 288 g/mol. The van der Waals surface area contributed by atoms with Crippen LogP contribution in [-0.2, 0) is 4.74 Å². The summed E-state index contributed by atoms with van der Waals surface area (Å²) in [7, 11) is 0. The molecule has 0 fully saturated rings. The van der Waals surface area contributed by atoms with E-state index in [4.69, 9.17) is 10.00 Å². The molecule has 110 valence electrons. The highest BCUT2D eigenvalue weighted by Crippen LogP contribution is 2.08. The third-order valence-corrected chi connectivity index (χ3v) is 2.24. The Kier molecular flexibility index (Phi) is 5.75. The molecule has 4 nitrogen and oxygen atoms in total. The Morgan fingerprint density at radius 2 is 2.14 bits per heavy atom. The van der Waals surface area contributed by atoms with E-state index in [1.54, 1.807) is 20.8 Å². The van der Waals surface area contributed by atoms with Crippen LogP contribution in [0.25, 0.3) is 0 Å². The van der Waals surface area contributed by atoms with Gasteiger partial charge in [0.05, 0.1) is 17.2 Å². The van der Waals surface area contributed by atoms with E-state index in [2.05, 4.69) is 17.2 Å². The molecule has 0 unspecified atom stereocenters. The normalized spacial score (nSPS) is 10.0. The van der Waals surface area contributed by atoms with Crippen molar-refractivity contribution in [2.24, 2.45) is 0 Å². The number of ether oxygens (including phenoxy) is 1. The fourth-order valence-corrected chi connectivity index (χ4v) is 1.39. The highest BCUT2D eigenvalue weighted by atomic mass is 19.1. The van der Waals surface area contributed by atoms with Gasteiger partial charge in [-0.25, -0.2) is 9.18 Å². The Bertz CT molecular complexity index is 616. The molecule has 21 heavy (non-hydrogen) atoms. The van der Waals surface area contributed by atoms with Gasteiger partial charge < -0.3 is 10.1 Å². The molecule has 1 rings (SSSR count). The van der Waals surface area contributed by atoms with Gasteiger partial charge in [-0.15, -0.1) is 0 Å². The topological polar surface area (TPSA) is 62.1 Å². The van der Waals surface area contributed by atoms with Gasteiger partial charge in [-0.2, -0.15) is 5.26 Å². The van der Waals surface area contributed by atoms with E-state index in [9.17, 15) is 9.18 Å². The second-order valence-electron chi connectivity index (χ2n) is 5.29. The lowest BCUT2D eigenvalue weighted by Crippen LogP contribution is -2.32. The van der Waals surface area contributed by atoms with Gasteiger partial charge in [0.15, 0.2) is 0 Å². The van der Waals surface area contributed by atoms with Gasteiger partial charge in [0.1, 0.15) is 11.4 Å². The number of rotatable bonds is 2. The van der Waals surface area contributed by atoms with Gasteiger partial charge in [0, 0.05) is 13.0 Å². The van der Waals surface area contributed by atoms with E-state index >= 15 is 0 Å². The molecule has 0 atom stereocenters. The number of amides is 1. The molecule has 0 aliphatic rings. The second kappa shape index (κ2) is 7.31. The second-order valence-corrected chi connectivity index (χ2v) is 5.29. The number of carbonyl (C=O) groups excluding carboxylic acids is 1. The van der Waals surface area contributed by atoms with Crippen molar-refractivity contribution in [1.82, 2.24) is 5.32 Å². The van der Waals surface area contributed by atoms with Gasteiger partial charge >= 0.3 is 6.09 Å². The first-order chi connectivity index (χ1) is 9.81. The summed E-state index contributed by atoms with van der Waals surface area (Å²) in [6.45, 7) is 5.63. The highest BCUT2D eigenvalue weighted by molar-refractivity contribution is 5.67. The monoisotopic (exact) mass is 288 g/mol. The third-order valence-electron chi connectivity index (χ3n) is 2.24. The maximum absolute atomic E-state index is 13.4. The van der Waals surface area contributed by atoms with Crippen molar-refractivity contribution in [1.29, 1.82) is 5.26 Å².